The maximum absolute atomic E-state index is 9.51. The fraction of sp³-hybridized carbons (Fsp3) is 0.353. The van der Waals surface area contributed by atoms with Gasteiger partial charge in [-0.15, -0.1) is 0 Å². The van der Waals surface area contributed by atoms with E-state index in [4.69, 9.17) is 21.6 Å². The summed E-state index contributed by atoms with van der Waals surface area (Å²) in [4.78, 5) is 8.83. The summed E-state index contributed by atoms with van der Waals surface area (Å²) in [6.45, 7) is 0.255. The zero-order chi connectivity index (χ0) is 17.8. The number of nitrogen functional groups attached to an aromatic ring is 1. The lowest BCUT2D eigenvalue weighted by Crippen LogP contribution is -2.26. The molecule has 2 aromatic rings. The van der Waals surface area contributed by atoms with Crippen molar-refractivity contribution < 1.29 is 9.84 Å². The zero-order valence-electron chi connectivity index (χ0n) is 13.8. The number of nitrogens with two attached hydrogens (primary N) is 2. The molecule has 0 bridgehead atoms. The van der Waals surface area contributed by atoms with Crippen LogP contribution in [0.2, 0.25) is 0 Å². The largest absolute Gasteiger partial charge is 0.491 e. The van der Waals surface area contributed by atoms with Crippen LogP contribution >= 0.6 is 0 Å². The van der Waals surface area contributed by atoms with Crippen molar-refractivity contribution in [3.05, 3.63) is 29.8 Å². The third-order valence-corrected chi connectivity index (χ3v) is 3.84. The quantitative estimate of drug-likeness (QED) is 0.450. The number of hydrogen-bond donors (Lipinski definition) is 5. The highest BCUT2D eigenvalue weighted by molar-refractivity contribution is 5.91. The van der Waals surface area contributed by atoms with Gasteiger partial charge in [-0.1, -0.05) is 12.1 Å². The Morgan fingerprint density at radius 3 is 2.88 bits per heavy atom. The second kappa shape index (κ2) is 7.45. The van der Waals surface area contributed by atoms with Gasteiger partial charge in [0.25, 0.3) is 0 Å². The average molecular weight is 342 g/mol. The van der Waals surface area contributed by atoms with Crippen LogP contribution in [0.4, 0.5) is 11.6 Å². The summed E-state index contributed by atoms with van der Waals surface area (Å²) in [5.74, 6) is 1.87. The molecule has 7 N–H and O–H groups in total. The Balaban J connectivity index is 1.87. The summed E-state index contributed by atoms with van der Waals surface area (Å²) >= 11 is 0. The summed E-state index contributed by atoms with van der Waals surface area (Å²) in [6, 6.07) is 7.62. The fourth-order valence-corrected chi connectivity index (χ4v) is 2.27. The molecule has 0 radical (unpaired) electrons. The number of aliphatic hydroxyl groups excluding tert-OH is 1. The molecule has 0 spiro atoms. The lowest BCUT2D eigenvalue weighted by atomic mass is 10.2. The molecule has 1 aromatic heterocycles. The number of hydrogen-bond acceptors (Lipinski definition) is 8. The van der Waals surface area contributed by atoms with Crippen molar-refractivity contribution in [3.8, 4) is 17.1 Å². The normalized spacial score (nSPS) is 14.8. The van der Waals surface area contributed by atoms with Gasteiger partial charge in [0.15, 0.2) is 5.82 Å². The molecule has 1 aliphatic rings. The van der Waals surface area contributed by atoms with Crippen LogP contribution in [0.15, 0.2) is 24.3 Å². The highest BCUT2D eigenvalue weighted by Crippen LogP contribution is 2.29. The summed E-state index contributed by atoms with van der Waals surface area (Å²) in [6.07, 6.45) is 2.63. The van der Waals surface area contributed by atoms with E-state index in [0.717, 1.165) is 24.6 Å². The van der Waals surface area contributed by atoms with Crippen molar-refractivity contribution in [1.82, 2.24) is 9.97 Å². The summed E-state index contributed by atoms with van der Waals surface area (Å²) in [5, 5.41) is 20.3. The van der Waals surface area contributed by atoms with Crippen molar-refractivity contribution in [2.75, 3.05) is 24.2 Å². The van der Waals surface area contributed by atoms with Gasteiger partial charge in [0.2, 0.25) is 0 Å². The molecule has 1 heterocycles. The molecular formula is C17H22N6O2. The van der Waals surface area contributed by atoms with Crippen molar-refractivity contribution in [2.45, 2.75) is 25.0 Å². The number of nitrogens with zero attached hydrogens (tertiary/aromatic N) is 2. The van der Waals surface area contributed by atoms with Gasteiger partial charge in [0.05, 0.1) is 5.56 Å². The number of aromatic nitrogens is 2. The van der Waals surface area contributed by atoms with Gasteiger partial charge in [-0.25, -0.2) is 9.97 Å². The van der Waals surface area contributed by atoms with Gasteiger partial charge >= 0.3 is 0 Å². The predicted octanol–water partition coefficient (Wildman–Crippen LogP) is 0.996. The van der Waals surface area contributed by atoms with Gasteiger partial charge < -0.3 is 32.0 Å². The van der Waals surface area contributed by atoms with E-state index in [2.05, 4.69) is 15.3 Å². The van der Waals surface area contributed by atoms with Crippen LogP contribution in [0.3, 0.4) is 0 Å². The van der Waals surface area contributed by atoms with E-state index in [1.54, 1.807) is 12.1 Å². The van der Waals surface area contributed by atoms with E-state index < -0.39 is 6.10 Å². The number of benzene rings is 1. The molecule has 8 nitrogen and oxygen atoms in total. The first-order chi connectivity index (χ1) is 12.1. The fourth-order valence-electron chi connectivity index (χ4n) is 2.27. The van der Waals surface area contributed by atoms with Crippen molar-refractivity contribution >= 4 is 17.9 Å². The van der Waals surface area contributed by atoms with Crippen molar-refractivity contribution in [1.29, 1.82) is 5.41 Å². The molecule has 1 unspecified atom stereocenters. The topological polar surface area (TPSA) is 143 Å². The van der Waals surface area contributed by atoms with Crippen LogP contribution in [0, 0.1) is 5.41 Å². The van der Waals surface area contributed by atoms with Crippen LogP contribution in [0.25, 0.3) is 11.4 Å². The van der Waals surface area contributed by atoms with Gasteiger partial charge in [-0.3, -0.25) is 0 Å². The Hall–Kier alpha value is -2.71. The van der Waals surface area contributed by atoms with Gasteiger partial charge in [-0.2, -0.15) is 0 Å². The van der Waals surface area contributed by atoms with E-state index >= 15 is 0 Å². The average Bonchev–Trinajstić information content (AvgIpc) is 3.43. The smallest absolute Gasteiger partial charge is 0.164 e. The number of aliphatic hydroxyl groups is 1. The van der Waals surface area contributed by atoms with Crippen LogP contribution in [0.1, 0.15) is 18.4 Å². The molecule has 8 heteroatoms. The molecule has 1 aliphatic carbocycles. The molecular weight excluding hydrogens is 320 g/mol. The van der Waals surface area contributed by atoms with E-state index in [0.29, 0.717) is 29.0 Å². The molecule has 1 atom stereocenters. The lowest BCUT2D eigenvalue weighted by molar-refractivity contribution is 0.114. The molecule has 0 amide bonds. The minimum atomic E-state index is -0.711. The Morgan fingerprint density at radius 2 is 2.20 bits per heavy atom. The van der Waals surface area contributed by atoms with Gasteiger partial charge in [-0.05, 0) is 25.0 Å². The van der Waals surface area contributed by atoms with Crippen LogP contribution < -0.4 is 21.5 Å². The van der Waals surface area contributed by atoms with Crippen LogP contribution in [-0.2, 0) is 0 Å². The highest BCUT2D eigenvalue weighted by Gasteiger charge is 2.24. The van der Waals surface area contributed by atoms with Crippen LogP contribution in [-0.4, -0.2) is 46.6 Å². The highest BCUT2D eigenvalue weighted by atomic mass is 16.5. The first-order valence-corrected chi connectivity index (χ1v) is 8.16. The summed E-state index contributed by atoms with van der Waals surface area (Å²) in [5.41, 5.74) is 12.6. The maximum Gasteiger partial charge on any atom is 0.164 e. The minimum absolute atomic E-state index is 0.115. The van der Waals surface area contributed by atoms with E-state index in [1.165, 1.54) is 0 Å². The van der Waals surface area contributed by atoms with Crippen LogP contribution in [0.5, 0.6) is 5.75 Å². The van der Waals surface area contributed by atoms with Crippen molar-refractivity contribution in [2.24, 2.45) is 5.73 Å². The second-order valence-electron chi connectivity index (χ2n) is 5.99. The van der Waals surface area contributed by atoms with E-state index in [9.17, 15) is 5.11 Å². The Labute approximate surface area is 145 Å². The van der Waals surface area contributed by atoms with E-state index in [-0.39, 0.29) is 19.0 Å². The molecule has 3 rings (SSSR count). The van der Waals surface area contributed by atoms with Gasteiger partial charge in [0, 0.05) is 24.4 Å². The Morgan fingerprint density at radius 1 is 1.40 bits per heavy atom. The third kappa shape index (κ3) is 4.23. The summed E-state index contributed by atoms with van der Waals surface area (Å²) in [7, 11) is 0. The summed E-state index contributed by atoms with van der Waals surface area (Å²) < 4.78 is 5.53. The molecule has 0 saturated heterocycles. The minimum Gasteiger partial charge on any atom is -0.491 e. The molecule has 1 fully saturated rings. The SMILES string of the molecule is N=Cc1c(N)nc(-c2cccc(OCC(O)CN)c2)nc1NC1CC1. The Kier molecular flexibility index (Phi) is 5.11. The number of nitrogens with one attached hydrogen (secondary N) is 2. The molecule has 0 aliphatic heterocycles. The predicted molar refractivity (Wildman–Crippen MR) is 97.0 cm³/mol. The molecule has 1 aromatic carbocycles. The molecule has 25 heavy (non-hydrogen) atoms. The number of rotatable bonds is 8. The number of anilines is 2. The lowest BCUT2D eigenvalue weighted by Gasteiger charge is -2.13. The molecule has 132 valence electrons. The zero-order valence-corrected chi connectivity index (χ0v) is 13.8. The van der Waals surface area contributed by atoms with Gasteiger partial charge in [0.1, 0.15) is 30.1 Å². The van der Waals surface area contributed by atoms with E-state index in [1.807, 2.05) is 12.1 Å². The standard InChI is InChI=1S/C17H22N6O2/c18-7-12(24)9-25-13-3-1-2-10(6-13)16-22-15(20)14(8-19)17(23-16)21-11-4-5-11/h1-3,6,8,11-12,19,24H,4-5,7,9,18H2,(H3,20,21,22,23). The first kappa shape index (κ1) is 17.1. The third-order valence-electron chi connectivity index (χ3n) is 3.84. The van der Waals surface area contributed by atoms with Crippen molar-refractivity contribution in [3.63, 3.8) is 0 Å². The molecule has 1 saturated carbocycles. The second-order valence-corrected chi connectivity index (χ2v) is 5.99. The monoisotopic (exact) mass is 342 g/mol. The maximum atomic E-state index is 9.51. The first-order valence-electron chi connectivity index (χ1n) is 8.16. The Bertz CT molecular complexity index is 763. The number of ether oxygens (including phenoxy) is 1.